The first-order chi connectivity index (χ1) is 5.61. The highest BCUT2D eigenvalue weighted by Gasteiger charge is 2.50. The van der Waals surface area contributed by atoms with Crippen LogP contribution >= 0.6 is 0 Å². The molecular weight excluding hydrogens is 158 g/mol. The van der Waals surface area contributed by atoms with Gasteiger partial charge in [-0.2, -0.15) is 0 Å². The van der Waals surface area contributed by atoms with Crippen molar-refractivity contribution in [1.82, 2.24) is 4.90 Å². The van der Waals surface area contributed by atoms with Crippen molar-refractivity contribution in [1.29, 1.82) is 0 Å². The van der Waals surface area contributed by atoms with Gasteiger partial charge in [-0.3, -0.25) is 9.69 Å². The zero-order chi connectivity index (χ0) is 8.88. The Kier molecular flexibility index (Phi) is 1.71. The molecule has 2 rings (SSSR count). The standard InChI is InChI=1S/C8H13NO3/c1-9-5-2-4(10)3-6(9)8(12)7(5)11/h5-8,11-12H,2-3H2,1H3/t5-,6-,7-,8+/m0/s1. The number of Topliss-reactive ketones (excluding diaryl/α,β-unsaturated/α-hetero) is 1. The number of likely N-dealkylation sites (N-methyl/N-ethyl adjacent to an activating group) is 1. The van der Waals surface area contributed by atoms with Crippen LogP contribution in [0.25, 0.3) is 0 Å². The molecule has 0 spiro atoms. The number of fused-ring (bicyclic) bond motifs is 2. The van der Waals surface area contributed by atoms with Gasteiger partial charge in [-0.25, -0.2) is 0 Å². The van der Waals surface area contributed by atoms with Crippen LogP contribution in [-0.4, -0.2) is 52.2 Å². The zero-order valence-corrected chi connectivity index (χ0v) is 6.97. The lowest BCUT2D eigenvalue weighted by Crippen LogP contribution is -2.43. The summed E-state index contributed by atoms with van der Waals surface area (Å²) in [5, 5.41) is 19.0. The Bertz CT molecular complexity index is 190. The van der Waals surface area contributed by atoms with Gasteiger partial charge in [0.2, 0.25) is 0 Å². The fourth-order valence-electron chi connectivity index (χ4n) is 2.26. The summed E-state index contributed by atoms with van der Waals surface area (Å²) in [6.07, 6.45) is -0.728. The maximum absolute atomic E-state index is 11.1. The Morgan fingerprint density at radius 3 is 2.08 bits per heavy atom. The number of carbonyl (C=O) groups excluding carboxylic acids is 1. The van der Waals surface area contributed by atoms with Crippen LogP contribution in [0.1, 0.15) is 12.8 Å². The Morgan fingerprint density at radius 2 is 1.67 bits per heavy atom. The average Bonchev–Trinajstić information content (AvgIpc) is 2.21. The minimum absolute atomic E-state index is 0.152. The van der Waals surface area contributed by atoms with Gasteiger partial charge >= 0.3 is 0 Å². The molecule has 0 saturated carbocycles. The number of aliphatic hydroxyl groups is 2. The number of piperidine rings is 1. The predicted octanol–water partition coefficient (Wildman–Crippen LogP) is -1.25. The molecule has 12 heavy (non-hydrogen) atoms. The Labute approximate surface area is 70.8 Å². The number of carbonyl (C=O) groups is 1. The van der Waals surface area contributed by atoms with Crippen LogP contribution in [0, 0.1) is 0 Å². The Balaban J connectivity index is 2.26. The van der Waals surface area contributed by atoms with Gasteiger partial charge in [-0.05, 0) is 7.05 Å². The monoisotopic (exact) mass is 171 g/mol. The van der Waals surface area contributed by atoms with E-state index in [1.54, 1.807) is 0 Å². The van der Waals surface area contributed by atoms with E-state index in [0.717, 1.165) is 0 Å². The second-order valence-electron chi connectivity index (χ2n) is 3.73. The molecule has 2 aliphatic rings. The molecule has 2 N–H and O–H groups in total. The number of hydrogen-bond acceptors (Lipinski definition) is 4. The van der Waals surface area contributed by atoms with Crippen molar-refractivity contribution in [3.63, 3.8) is 0 Å². The highest BCUT2D eigenvalue weighted by Crippen LogP contribution is 2.32. The smallest absolute Gasteiger partial charge is 0.136 e. The number of nitrogens with zero attached hydrogens (tertiary/aromatic N) is 1. The highest BCUT2D eigenvalue weighted by atomic mass is 16.3. The maximum Gasteiger partial charge on any atom is 0.136 e. The van der Waals surface area contributed by atoms with Crippen LogP contribution in [0.3, 0.4) is 0 Å². The SMILES string of the molecule is CN1[C@H]2CC(=O)C[C@H]1[C@@H](O)[C@H]2O. The molecule has 0 amide bonds. The van der Waals surface area contributed by atoms with Gasteiger partial charge in [0.1, 0.15) is 5.78 Å². The summed E-state index contributed by atoms with van der Waals surface area (Å²) in [5.74, 6) is 0.152. The van der Waals surface area contributed by atoms with Crippen LogP contribution < -0.4 is 0 Å². The second kappa shape index (κ2) is 2.52. The molecule has 0 aromatic carbocycles. The van der Waals surface area contributed by atoms with Crippen LogP contribution in [-0.2, 0) is 4.79 Å². The molecule has 4 nitrogen and oxygen atoms in total. The van der Waals surface area contributed by atoms with Gasteiger partial charge in [-0.15, -0.1) is 0 Å². The molecule has 2 saturated heterocycles. The summed E-state index contributed by atoms with van der Waals surface area (Å²) in [5.41, 5.74) is 0. The molecule has 68 valence electrons. The zero-order valence-electron chi connectivity index (χ0n) is 6.97. The van der Waals surface area contributed by atoms with E-state index in [-0.39, 0.29) is 17.9 Å². The van der Waals surface area contributed by atoms with Gasteiger partial charge in [0.25, 0.3) is 0 Å². The van der Waals surface area contributed by atoms with Crippen molar-refractivity contribution in [2.24, 2.45) is 0 Å². The largest absolute Gasteiger partial charge is 0.389 e. The summed E-state index contributed by atoms with van der Waals surface area (Å²) in [6.45, 7) is 0. The van der Waals surface area contributed by atoms with E-state index in [1.807, 2.05) is 11.9 Å². The predicted molar refractivity (Wildman–Crippen MR) is 41.6 cm³/mol. The van der Waals surface area contributed by atoms with Crippen molar-refractivity contribution < 1.29 is 15.0 Å². The van der Waals surface area contributed by atoms with Gasteiger partial charge in [0.15, 0.2) is 0 Å². The van der Waals surface area contributed by atoms with E-state index in [2.05, 4.69) is 0 Å². The molecule has 2 heterocycles. The lowest BCUT2D eigenvalue weighted by molar-refractivity contribution is -0.124. The molecule has 0 unspecified atom stereocenters. The number of ketones is 1. The fraction of sp³-hybridized carbons (Fsp3) is 0.875. The van der Waals surface area contributed by atoms with Gasteiger partial charge in [0, 0.05) is 24.9 Å². The van der Waals surface area contributed by atoms with Crippen LogP contribution in [0.4, 0.5) is 0 Å². The molecule has 0 aromatic heterocycles. The van der Waals surface area contributed by atoms with Crippen molar-refractivity contribution >= 4 is 5.78 Å². The summed E-state index contributed by atoms with van der Waals surface area (Å²) >= 11 is 0. The molecule has 4 heteroatoms. The third-order valence-corrected chi connectivity index (χ3v) is 3.06. The maximum atomic E-state index is 11.1. The normalized spacial score (nSPS) is 48.4. The van der Waals surface area contributed by atoms with Gasteiger partial charge in [-0.1, -0.05) is 0 Å². The molecule has 4 atom stereocenters. The highest BCUT2D eigenvalue weighted by molar-refractivity contribution is 5.81. The van der Waals surface area contributed by atoms with Crippen LogP contribution in [0.15, 0.2) is 0 Å². The first-order valence-corrected chi connectivity index (χ1v) is 4.21. The molecule has 2 bridgehead atoms. The fourth-order valence-corrected chi connectivity index (χ4v) is 2.26. The Hall–Kier alpha value is -0.450. The van der Waals surface area contributed by atoms with E-state index in [1.165, 1.54) is 0 Å². The summed E-state index contributed by atoms with van der Waals surface area (Å²) < 4.78 is 0. The minimum atomic E-state index is -0.744. The second-order valence-corrected chi connectivity index (χ2v) is 3.73. The van der Waals surface area contributed by atoms with E-state index in [9.17, 15) is 15.0 Å². The molecule has 2 aliphatic heterocycles. The molecular formula is C8H13NO3. The topological polar surface area (TPSA) is 60.8 Å². The van der Waals surface area contributed by atoms with Gasteiger partial charge < -0.3 is 10.2 Å². The lowest BCUT2D eigenvalue weighted by atomic mass is 10.0. The van der Waals surface area contributed by atoms with Crippen molar-refractivity contribution in [2.75, 3.05) is 7.05 Å². The van der Waals surface area contributed by atoms with Crippen molar-refractivity contribution in [3.05, 3.63) is 0 Å². The number of aliphatic hydroxyl groups excluding tert-OH is 2. The molecule has 0 radical (unpaired) electrons. The molecule has 0 aliphatic carbocycles. The van der Waals surface area contributed by atoms with Gasteiger partial charge in [0.05, 0.1) is 12.2 Å². The van der Waals surface area contributed by atoms with Crippen LogP contribution in [0.2, 0.25) is 0 Å². The third kappa shape index (κ3) is 0.920. The van der Waals surface area contributed by atoms with E-state index in [0.29, 0.717) is 12.8 Å². The quantitative estimate of drug-likeness (QED) is 0.478. The molecule has 0 aromatic rings. The first kappa shape index (κ1) is 8.16. The van der Waals surface area contributed by atoms with E-state index < -0.39 is 12.2 Å². The first-order valence-electron chi connectivity index (χ1n) is 4.21. The summed E-state index contributed by atoms with van der Waals surface area (Å²) in [7, 11) is 1.85. The third-order valence-electron chi connectivity index (χ3n) is 3.06. The molecule has 2 fully saturated rings. The minimum Gasteiger partial charge on any atom is -0.389 e. The Morgan fingerprint density at radius 1 is 1.25 bits per heavy atom. The van der Waals surface area contributed by atoms with Crippen molar-refractivity contribution in [2.45, 2.75) is 37.1 Å². The van der Waals surface area contributed by atoms with E-state index in [4.69, 9.17) is 0 Å². The van der Waals surface area contributed by atoms with E-state index >= 15 is 0 Å². The number of hydrogen-bond donors (Lipinski definition) is 2. The lowest BCUT2D eigenvalue weighted by Gasteiger charge is -2.29. The van der Waals surface area contributed by atoms with Crippen LogP contribution in [0.5, 0.6) is 0 Å². The summed E-state index contributed by atoms with van der Waals surface area (Å²) in [4.78, 5) is 13.0. The summed E-state index contributed by atoms with van der Waals surface area (Å²) in [6, 6.07) is -0.322. The average molecular weight is 171 g/mol. The van der Waals surface area contributed by atoms with Crippen molar-refractivity contribution in [3.8, 4) is 0 Å². The number of rotatable bonds is 0.